The molecule has 0 aliphatic heterocycles. The van der Waals surface area contributed by atoms with Crippen molar-refractivity contribution in [2.24, 2.45) is 0 Å². The van der Waals surface area contributed by atoms with Crippen LogP contribution in [0.3, 0.4) is 0 Å². The van der Waals surface area contributed by atoms with Gasteiger partial charge in [-0.3, -0.25) is 4.57 Å². The van der Waals surface area contributed by atoms with Crippen LogP contribution < -0.4 is 0 Å². The second-order valence-electron chi connectivity index (χ2n) is 3.50. The predicted molar refractivity (Wildman–Crippen MR) is 55.5 cm³/mol. The third kappa shape index (κ3) is 2.20. The molecule has 0 atom stereocenters. The van der Waals surface area contributed by atoms with Crippen molar-refractivity contribution in [3.63, 3.8) is 0 Å². The van der Waals surface area contributed by atoms with Crippen LogP contribution in [0.15, 0.2) is 36.8 Å². The molecule has 0 aliphatic rings. The van der Waals surface area contributed by atoms with Crippen molar-refractivity contribution < 1.29 is 23.1 Å². The van der Waals surface area contributed by atoms with Crippen molar-refractivity contribution >= 4 is 5.97 Å². The van der Waals surface area contributed by atoms with Crippen LogP contribution in [0.25, 0.3) is 5.69 Å². The molecular formula is C11H7F3N2O2. The van der Waals surface area contributed by atoms with E-state index < -0.39 is 17.7 Å². The van der Waals surface area contributed by atoms with Gasteiger partial charge in [0.1, 0.15) is 0 Å². The van der Waals surface area contributed by atoms with E-state index in [1.54, 1.807) is 0 Å². The lowest BCUT2D eigenvalue weighted by Gasteiger charge is -2.10. The van der Waals surface area contributed by atoms with E-state index in [1.165, 1.54) is 12.1 Å². The fraction of sp³-hybridized carbons (Fsp3) is 0.0909. The Morgan fingerprint density at radius 1 is 1.33 bits per heavy atom. The lowest BCUT2D eigenvalue weighted by atomic mass is 10.2. The molecule has 0 radical (unpaired) electrons. The van der Waals surface area contributed by atoms with Crippen LogP contribution >= 0.6 is 0 Å². The molecule has 0 unspecified atom stereocenters. The first-order chi connectivity index (χ1) is 8.39. The van der Waals surface area contributed by atoms with E-state index in [0.29, 0.717) is 0 Å². The Labute approximate surface area is 99.3 Å². The Kier molecular flexibility index (Phi) is 2.82. The lowest BCUT2D eigenvalue weighted by molar-refractivity contribution is -0.137. The minimum absolute atomic E-state index is 0.0970. The predicted octanol–water partition coefficient (Wildman–Crippen LogP) is 2.59. The minimum Gasteiger partial charge on any atom is -0.477 e. The molecule has 1 aromatic carbocycles. The van der Waals surface area contributed by atoms with E-state index in [2.05, 4.69) is 4.98 Å². The highest BCUT2D eigenvalue weighted by atomic mass is 19.4. The van der Waals surface area contributed by atoms with Crippen LogP contribution in [0.1, 0.15) is 16.1 Å². The van der Waals surface area contributed by atoms with Gasteiger partial charge >= 0.3 is 12.1 Å². The number of carboxylic acids is 1. The summed E-state index contributed by atoms with van der Waals surface area (Å²) in [4.78, 5) is 14.5. The smallest absolute Gasteiger partial charge is 0.416 e. The Balaban J connectivity index is 2.52. The molecule has 0 saturated heterocycles. The van der Waals surface area contributed by atoms with Crippen LogP contribution in [-0.2, 0) is 6.18 Å². The molecule has 0 spiro atoms. The largest absolute Gasteiger partial charge is 0.477 e. The van der Waals surface area contributed by atoms with Crippen LogP contribution in [-0.4, -0.2) is 20.6 Å². The number of imidazole rings is 1. The van der Waals surface area contributed by atoms with Gasteiger partial charge in [-0.15, -0.1) is 0 Å². The Hall–Kier alpha value is -2.31. The maximum Gasteiger partial charge on any atom is 0.416 e. The standard InChI is InChI=1S/C11H7F3N2O2/c12-11(13,14)7-2-1-3-8(4-7)16-6-15-5-9(16)10(17)18/h1-6H,(H,17,18). The van der Waals surface area contributed by atoms with E-state index in [0.717, 1.165) is 29.2 Å². The SMILES string of the molecule is O=C(O)c1cncn1-c1cccc(C(F)(F)F)c1. The zero-order valence-corrected chi connectivity index (χ0v) is 8.85. The van der Waals surface area contributed by atoms with Gasteiger partial charge in [0.2, 0.25) is 0 Å². The maximum atomic E-state index is 12.5. The zero-order chi connectivity index (χ0) is 13.3. The number of hydrogen-bond donors (Lipinski definition) is 1. The van der Waals surface area contributed by atoms with Gasteiger partial charge in [-0.1, -0.05) is 6.07 Å². The highest BCUT2D eigenvalue weighted by Crippen LogP contribution is 2.30. The minimum atomic E-state index is -4.47. The summed E-state index contributed by atoms with van der Waals surface area (Å²) in [6.07, 6.45) is -2.25. The summed E-state index contributed by atoms with van der Waals surface area (Å²) in [6, 6.07) is 4.38. The molecule has 1 aromatic heterocycles. The van der Waals surface area contributed by atoms with Gasteiger partial charge in [-0.2, -0.15) is 13.2 Å². The number of nitrogens with zero attached hydrogens (tertiary/aromatic N) is 2. The molecule has 0 bridgehead atoms. The third-order valence-electron chi connectivity index (χ3n) is 2.31. The van der Waals surface area contributed by atoms with Gasteiger partial charge in [-0.25, -0.2) is 9.78 Å². The summed E-state index contributed by atoms with van der Waals surface area (Å²) >= 11 is 0. The Morgan fingerprint density at radius 2 is 2.06 bits per heavy atom. The molecule has 2 aromatic rings. The molecule has 1 heterocycles. The van der Waals surface area contributed by atoms with Crippen molar-refractivity contribution in [1.29, 1.82) is 0 Å². The number of aromatic carboxylic acids is 1. The number of alkyl halides is 3. The summed E-state index contributed by atoms with van der Waals surface area (Å²) in [7, 11) is 0. The molecule has 0 fully saturated rings. The molecule has 0 amide bonds. The van der Waals surface area contributed by atoms with Gasteiger partial charge < -0.3 is 5.11 Å². The zero-order valence-electron chi connectivity index (χ0n) is 8.85. The van der Waals surface area contributed by atoms with E-state index in [9.17, 15) is 18.0 Å². The summed E-state index contributed by atoms with van der Waals surface area (Å²) in [5.74, 6) is -1.26. The van der Waals surface area contributed by atoms with Crippen molar-refractivity contribution in [3.8, 4) is 5.69 Å². The van der Waals surface area contributed by atoms with Crippen LogP contribution in [0.4, 0.5) is 13.2 Å². The summed E-state index contributed by atoms with van der Waals surface area (Å²) < 4.78 is 38.7. The van der Waals surface area contributed by atoms with Crippen LogP contribution in [0, 0.1) is 0 Å². The number of benzene rings is 1. The maximum absolute atomic E-state index is 12.5. The Morgan fingerprint density at radius 3 is 2.67 bits per heavy atom. The van der Waals surface area contributed by atoms with Crippen LogP contribution in [0.2, 0.25) is 0 Å². The summed E-state index contributed by atoms with van der Waals surface area (Å²) in [5.41, 5.74) is -0.945. The molecule has 0 aliphatic carbocycles. The number of aromatic nitrogens is 2. The molecule has 2 rings (SSSR count). The number of rotatable bonds is 2. The molecule has 1 N–H and O–H groups in total. The molecule has 4 nitrogen and oxygen atoms in total. The molecule has 94 valence electrons. The molecule has 7 heteroatoms. The fourth-order valence-corrected chi connectivity index (χ4v) is 1.49. The first kappa shape index (κ1) is 12.2. The average molecular weight is 256 g/mol. The van der Waals surface area contributed by atoms with Gasteiger partial charge in [0, 0.05) is 5.69 Å². The first-order valence-corrected chi connectivity index (χ1v) is 4.83. The van der Waals surface area contributed by atoms with E-state index in [1.807, 2.05) is 0 Å². The van der Waals surface area contributed by atoms with Crippen molar-refractivity contribution in [1.82, 2.24) is 9.55 Å². The highest BCUT2D eigenvalue weighted by molar-refractivity contribution is 5.86. The fourth-order valence-electron chi connectivity index (χ4n) is 1.49. The monoisotopic (exact) mass is 256 g/mol. The van der Waals surface area contributed by atoms with E-state index >= 15 is 0 Å². The van der Waals surface area contributed by atoms with Gasteiger partial charge in [-0.05, 0) is 18.2 Å². The quantitative estimate of drug-likeness (QED) is 0.898. The summed E-state index contributed by atoms with van der Waals surface area (Å²) in [5, 5.41) is 8.86. The van der Waals surface area contributed by atoms with E-state index in [4.69, 9.17) is 5.11 Å². The summed E-state index contributed by atoms with van der Waals surface area (Å²) in [6.45, 7) is 0. The Bertz CT molecular complexity index is 590. The number of halogens is 3. The molecule has 0 saturated carbocycles. The number of carbonyl (C=O) groups is 1. The second-order valence-corrected chi connectivity index (χ2v) is 3.50. The topological polar surface area (TPSA) is 55.1 Å². The third-order valence-corrected chi connectivity index (χ3v) is 2.31. The van der Waals surface area contributed by atoms with Crippen molar-refractivity contribution in [3.05, 3.63) is 48.0 Å². The lowest BCUT2D eigenvalue weighted by Crippen LogP contribution is -2.08. The molecular weight excluding hydrogens is 249 g/mol. The van der Waals surface area contributed by atoms with Gasteiger partial charge in [0.05, 0.1) is 18.1 Å². The number of carboxylic acid groups (broad SMARTS) is 1. The van der Waals surface area contributed by atoms with Gasteiger partial charge in [0.25, 0.3) is 0 Å². The number of hydrogen-bond acceptors (Lipinski definition) is 2. The highest BCUT2D eigenvalue weighted by Gasteiger charge is 2.30. The normalized spacial score (nSPS) is 11.5. The molecule has 18 heavy (non-hydrogen) atoms. The van der Waals surface area contributed by atoms with Crippen molar-refractivity contribution in [2.45, 2.75) is 6.18 Å². The van der Waals surface area contributed by atoms with Crippen LogP contribution in [0.5, 0.6) is 0 Å². The van der Waals surface area contributed by atoms with Crippen molar-refractivity contribution in [2.75, 3.05) is 0 Å². The average Bonchev–Trinajstić information content (AvgIpc) is 2.77. The first-order valence-electron chi connectivity index (χ1n) is 4.83. The second kappa shape index (κ2) is 4.17. The van der Waals surface area contributed by atoms with Gasteiger partial charge in [0.15, 0.2) is 5.69 Å². The van der Waals surface area contributed by atoms with E-state index in [-0.39, 0.29) is 11.4 Å².